The number of hydrogen-bond donors (Lipinski definition) is 1. The van der Waals surface area contributed by atoms with Gasteiger partial charge in [-0.3, -0.25) is 9.59 Å². The van der Waals surface area contributed by atoms with E-state index in [1.807, 2.05) is 6.92 Å². The third kappa shape index (κ3) is 6.49. The molecule has 9 nitrogen and oxygen atoms in total. The van der Waals surface area contributed by atoms with Crippen molar-refractivity contribution in [1.82, 2.24) is 0 Å². The van der Waals surface area contributed by atoms with Crippen LogP contribution in [0.4, 0.5) is 11.4 Å². The summed E-state index contributed by atoms with van der Waals surface area (Å²) in [7, 11) is 2.82. The van der Waals surface area contributed by atoms with E-state index in [-0.39, 0.29) is 27.9 Å². The van der Waals surface area contributed by atoms with Crippen LogP contribution in [-0.4, -0.2) is 45.2 Å². The number of azo groups is 1. The van der Waals surface area contributed by atoms with Gasteiger partial charge < -0.3 is 24.3 Å². The summed E-state index contributed by atoms with van der Waals surface area (Å²) in [5.41, 5.74) is 0.340. The first-order valence-electron chi connectivity index (χ1n) is 9.99. The summed E-state index contributed by atoms with van der Waals surface area (Å²) >= 11 is 12.4. The number of carbonyl (C=O) groups excluding carboxylic acids is 2. The number of halogens is 2. The topological polar surface area (TPSA) is 108 Å². The van der Waals surface area contributed by atoms with Gasteiger partial charge in [-0.15, -0.1) is 5.11 Å². The fourth-order valence-corrected chi connectivity index (χ4v) is 3.24. The molecule has 2 rings (SSSR count). The SMILES string of the molecule is CCOc1ccc(OCC)c(N=NC(C(C)=O)C(=O)Nc2c(OC)cc(Cl)cc2OC)c1Cl. The molecule has 178 valence electrons. The molecule has 0 spiro atoms. The van der Waals surface area contributed by atoms with Crippen molar-refractivity contribution < 1.29 is 28.5 Å². The second kappa shape index (κ2) is 12.3. The fraction of sp³-hybridized carbons (Fsp3) is 0.364. The maximum atomic E-state index is 12.9. The van der Waals surface area contributed by atoms with Crippen molar-refractivity contribution in [2.75, 3.05) is 32.8 Å². The Kier molecular flexibility index (Phi) is 9.74. The van der Waals surface area contributed by atoms with Gasteiger partial charge in [-0.05, 0) is 32.9 Å². The number of nitrogens with zero attached hydrogens (tertiary/aromatic N) is 2. The summed E-state index contributed by atoms with van der Waals surface area (Å²) in [5.74, 6) is -0.0936. The van der Waals surface area contributed by atoms with Gasteiger partial charge in [-0.1, -0.05) is 23.2 Å². The van der Waals surface area contributed by atoms with E-state index in [1.54, 1.807) is 19.1 Å². The molecule has 0 aromatic heterocycles. The first kappa shape index (κ1) is 26.2. The van der Waals surface area contributed by atoms with Gasteiger partial charge in [0.1, 0.15) is 39.4 Å². The molecule has 0 aliphatic carbocycles. The molecule has 1 atom stereocenters. The minimum Gasteiger partial charge on any atom is -0.494 e. The van der Waals surface area contributed by atoms with Crippen LogP contribution in [0.2, 0.25) is 10.0 Å². The monoisotopic (exact) mass is 497 g/mol. The van der Waals surface area contributed by atoms with Crippen LogP contribution in [0.15, 0.2) is 34.5 Å². The number of anilines is 1. The van der Waals surface area contributed by atoms with E-state index in [0.717, 1.165) is 0 Å². The highest BCUT2D eigenvalue weighted by atomic mass is 35.5. The summed E-state index contributed by atoms with van der Waals surface area (Å²) in [6.07, 6.45) is 0. The number of benzene rings is 2. The van der Waals surface area contributed by atoms with Crippen molar-refractivity contribution in [3.8, 4) is 23.0 Å². The van der Waals surface area contributed by atoms with Crippen molar-refractivity contribution in [2.24, 2.45) is 10.2 Å². The van der Waals surface area contributed by atoms with Gasteiger partial charge in [0.2, 0.25) is 6.04 Å². The molecule has 0 aliphatic rings. The third-order valence-corrected chi connectivity index (χ3v) is 4.85. The van der Waals surface area contributed by atoms with E-state index >= 15 is 0 Å². The molecule has 0 heterocycles. The zero-order valence-electron chi connectivity index (χ0n) is 18.9. The number of ketones is 1. The Labute approximate surface area is 202 Å². The highest BCUT2D eigenvalue weighted by Gasteiger charge is 2.26. The number of nitrogens with one attached hydrogen (secondary N) is 1. The van der Waals surface area contributed by atoms with Crippen molar-refractivity contribution in [1.29, 1.82) is 0 Å². The first-order chi connectivity index (χ1) is 15.8. The Morgan fingerprint density at radius 2 is 1.52 bits per heavy atom. The Bertz CT molecular complexity index is 1020. The predicted octanol–water partition coefficient (Wildman–Crippen LogP) is 5.49. The molecule has 11 heteroatoms. The number of hydrogen-bond acceptors (Lipinski definition) is 8. The molecule has 0 bridgehead atoms. The van der Waals surface area contributed by atoms with Crippen LogP contribution < -0.4 is 24.3 Å². The van der Waals surface area contributed by atoms with Crippen LogP contribution >= 0.6 is 23.2 Å². The zero-order valence-corrected chi connectivity index (χ0v) is 20.4. The number of rotatable bonds is 11. The Morgan fingerprint density at radius 3 is 2.03 bits per heavy atom. The van der Waals surface area contributed by atoms with E-state index < -0.39 is 17.7 Å². The fourth-order valence-electron chi connectivity index (χ4n) is 2.79. The maximum absolute atomic E-state index is 12.9. The van der Waals surface area contributed by atoms with Gasteiger partial charge in [0.05, 0.1) is 27.4 Å². The largest absolute Gasteiger partial charge is 0.494 e. The van der Waals surface area contributed by atoms with Gasteiger partial charge in [-0.25, -0.2) is 0 Å². The lowest BCUT2D eigenvalue weighted by atomic mass is 10.2. The molecule has 1 N–H and O–H groups in total. The van der Waals surface area contributed by atoms with Crippen LogP contribution in [0, 0.1) is 0 Å². The number of methoxy groups -OCH3 is 2. The molecule has 0 radical (unpaired) electrons. The molecule has 0 fully saturated rings. The van der Waals surface area contributed by atoms with E-state index in [1.165, 1.54) is 33.3 Å². The number of ether oxygens (including phenoxy) is 4. The molecule has 1 unspecified atom stereocenters. The number of amides is 1. The normalized spacial score (nSPS) is 11.7. The van der Waals surface area contributed by atoms with E-state index in [9.17, 15) is 9.59 Å². The van der Waals surface area contributed by atoms with Crippen LogP contribution in [-0.2, 0) is 9.59 Å². The summed E-state index contributed by atoms with van der Waals surface area (Å²) in [6, 6.07) is 4.79. The van der Waals surface area contributed by atoms with Gasteiger partial charge in [0, 0.05) is 17.2 Å². The molecular formula is C22H25Cl2N3O6. The van der Waals surface area contributed by atoms with Gasteiger partial charge >= 0.3 is 0 Å². The molecule has 0 saturated heterocycles. The summed E-state index contributed by atoms with van der Waals surface area (Å²) in [4.78, 5) is 25.2. The molecule has 2 aromatic carbocycles. The second-order valence-corrected chi connectivity index (χ2v) is 7.31. The minimum absolute atomic E-state index is 0.144. The van der Waals surface area contributed by atoms with E-state index in [0.29, 0.717) is 29.7 Å². The molecule has 33 heavy (non-hydrogen) atoms. The van der Waals surface area contributed by atoms with E-state index in [2.05, 4.69) is 15.5 Å². The number of Topliss-reactive ketones (excluding diaryl/α,β-unsaturated/α-hetero) is 1. The highest BCUT2D eigenvalue weighted by Crippen LogP contribution is 2.42. The van der Waals surface area contributed by atoms with Crippen molar-refractivity contribution >= 4 is 46.3 Å². The lowest BCUT2D eigenvalue weighted by Crippen LogP contribution is -2.32. The lowest BCUT2D eigenvalue weighted by molar-refractivity contribution is -0.126. The van der Waals surface area contributed by atoms with Gasteiger partial charge in [-0.2, -0.15) is 5.11 Å². The second-order valence-electron chi connectivity index (χ2n) is 6.49. The summed E-state index contributed by atoms with van der Waals surface area (Å²) in [5, 5.41) is 11.1. The molecular weight excluding hydrogens is 473 g/mol. The average molecular weight is 498 g/mol. The standard InChI is InChI=1S/C22H25Cl2N3O6/c1-6-32-14-8-9-15(33-7-2)21(18(14)24)27-26-19(12(3)28)22(29)25-20-16(30-4)10-13(23)11-17(20)31-5/h8-11,19H,6-7H2,1-5H3,(H,25,29). The van der Waals surface area contributed by atoms with Crippen LogP contribution in [0.3, 0.4) is 0 Å². The van der Waals surface area contributed by atoms with Crippen LogP contribution in [0.5, 0.6) is 23.0 Å². The summed E-state index contributed by atoms with van der Waals surface area (Å²) < 4.78 is 21.6. The lowest BCUT2D eigenvalue weighted by Gasteiger charge is -2.16. The van der Waals surface area contributed by atoms with Crippen LogP contribution in [0.1, 0.15) is 20.8 Å². The van der Waals surface area contributed by atoms with Gasteiger partial charge in [0.25, 0.3) is 5.91 Å². The minimum atomic E-state index is -1.48. The molecule has 0 aliphatic heterocycles. The first-order valence-corrected chi connectivity index (χ1v) is 10.7. The van der Waals surface area contributed by atoms with Crippen LogP contribution in [0.25, 0.3) is 0 Å². The quantitative estimate of drug-likeness (QED) is 0.324. The molecule has 1 amide bonds. The molecule has 0 saturated carbocycles. The third-order valence-electron chi connectivity index (χ3n) is 4.27. The van der Waals surface area contributed by atoms with Crippen molar-refractivity contribution in [3.05, 3.63) is 34.3 Å². The van der Waals surface area contributed by atoms with Crippen molar-refractivity contribution in [3.63, 3.8) is 0 Å². The Morgan fingerprint density at radius 1 is 0.970 bits per heavy atom. The Hall–Kier alpha value is -3.04. The molecule has 2 aromatic rings. The number of carbonyl (C=O) groups is 2. The maximum Gasteiger partial charge on any atom is 0.259 e. The van der Waals surface area contributed by atoms with Crippen molar-refractivity contribution in [2.45, 2.75) is 26.8 Å². The summed E-state index contributed by atoms with van der Waals surface area (Å²) in [6.45, 7) is 5.56. The van der Waals surface area contributed by atoms with E-state index in [4.69, 9.17) is 42.1 Å². The smallest absolute Gasteiger partial charge is 0.259 e. The Balaban J connectivity index is 2.42. The predicted molar refractivity (Wildman–Crippen MR) is 126 cm³/mol. The average Bonchev–Trinajstić information content (AvgIpc) is 2.78. The zero-order chi connectivity index (χ0) is 24.5. The van der Waals surface area contributed by atoms with Gasteiger partial charge in [0.15, 0.2) is 5.78 Å². The highest BCUT2D eigenvalue weighted by molar-refractivity contribution is 6.34.